The number of nitrogens with one attached hydrogen (secondary N) is 1. The molecule has 0 bridgehead atoms. The van der Waals surface area contributed by atoms with Crippen molar-refractivity contribution < 1.29 is 23.4 Å². The molecule has 174 valence electrons. The third-order valence-electron chi connectivity index (χ3n) is 5.31. The standard InChI is InChI=1S/C24H25ClFN3O4/c1-3-32-21-13-19-15(12-20(21)29-8-10-31-11-9-29)23(16(14-27-19)24(30)33-4-2)28-18-7-5-6-17(25)22(18)26/h5-7,12-14H,3-4,8-11H2,1-2H3,(H,27,28). The topological polar surface area (TPSA) is 72.9 Å². The molecule has 9 heteroatoms. The summed E-state index contributed by atoms with van der Waals surface area (Å²) in [5.74, 6) is -0.486. The number of carbonyl (C=O) groups excluding carboxylic acids is 1. The molecule has 1 aromatic heterocycles. The van der Waals surface area contributed by atoms with Crippen molar-refractivity contribution in [2.24, 2.45) is 0 Å². The van der Waals surface area contributed by atoms with Crippen LogP contribution in [0.2, 0.25) is 5.02 Å². The van der Waals surface area contributed by atoms with Crippen molar-refractivity contribution in [1.82, 2.24) is 4.98 Å². The van der Waals surface area contributed by atoms with Gasteiger partial charge >= 0.3 is 5.97 Å². The van der Waals surface area contributed by atoms with Crippen LogP contribution in [0.3, 0.4) is 0 Å². The molecule has 1 aliphatic heterocycles. The van der Waals surface area contributed by atoms with E-state index in [9.17, 15) is 9.18 Å². The van der Waals surface area contributed by atoms with Crippen LogP contribution in [-0.2, 0) is 9.47 Å². The minimum atomic E-state index is -0.613. The predicted octanol–water partition coefficient (Wildman–Crippen LogP) is 5.18. The fourth-order valence-corrected chi connectivity index (χ4v) is 3.94. The Bertz CT molecular complexity index is 1170. The zero-order valence-corrected chi connectivity index (χ0v) is 19.2. The number of morpholine rings is 1. The van der Waals surface area contributed by atoms with E-state index in [2.05, 4.69) is 15.2 Å². The van der Waals surface area contributed by atoms with Crippen LogP contribution in [0.25, 0.3) is 10.9 Å². The number of pyridine rings is 1. The van der Waals surface area contributed by atoms with E-state index in [0.717, 1.165) is 5.69 Å². The Hall–Kier alpha value is -3.10. The van der Waals surface area contributed by atoms with Gasteiger partial charge in [0, 0.05) is 30.7 Å². The van der Waals surface area contributed by atoms with Gasteiger partial charge in [-0.05, 0) is 32.0 Å². The maximum absolute atomic E-state index is 14.7. The molecule has 0 aliphatic carbocycles. The van der Waals surface area contributed by atoms with Crippen molar-refractivity contribution in [2.45, 2.75) is 13.8 Å². The molecule has 4 rings (SSSR count). The number of hydrogen-bond acceptors (Lipinski definition) is 7. The lowest BCUT2D eigenvalue weighted by Gasteiger charge is -2.30. The van der Waals surface area contributed by atoms with Crippen LogP contribution in [0.15, 0.2) is 36.5 Å². The summed E-state index contributed by atoms with van der Waals surface area (Å²) in [6, 6.07) is 8.39. The summed E-state index contributed by atoms with van der Waals surface area (Å²) in [4.78, 5) is 19.4. The number of anilines is 3. The molecular weight excluding hydrogens is 449 g/mol. The number of carbonyl (C=O) groups is 1. The maximum Gasteiger partial charge on any atom is 0.341 e. The fraction of sp³-hybridized carbons (Fsp3) is 0.333. The fourth-order valence-electron chi connectivity index (χ4n) is 3.76. The van der Waals surface area contributed by atoms with Crippen molar-refractivity contribution in [1.29, 1.82) is 0 Å². The molecule has 2 aromatic carbocycles. The summed E-state index contributed by atoms with van der Waals surface area (Å²) in [5, 5.41) is 3.67. The van der Waals surface area contributed by atoms with Gasteiger partial charge in [0.1, 0.15) is 11.3 Å². The molecule has 3 aromatic rings. The molecule has 0 unspecified atom stereocenters. The van der Waals surface area contributed by atoms with E-state index in [1.807, 2.05) is 19.1 Å². The molecule has 1 fully saturated rings. The summed E-state index contributed by atoms with van der Waals surface area (Å²) in [6.45, 7) is 6.92. The third kappa shape index (κ3) is 4.82. The molecule has 1 N–H and O–H groups in total. The molecule has 1 aliphatic rings. The molecule has 2 heterocycles. The minimum Gasteiger partial charge on any atom is -0.492 e. The van der Waals surface area contributed by atoms with Crippen LogP contribution >= 0.6 is 11.6 Å². The lowest BCUT2D eigenvalue weighted by Crippen LogP contribution is -2.36. The van der Waals surface area contributed by atoms with Gasteiger partial charge in [-0.3, -0.25) is 4.98 Å². The number of benzene rings is 2. The van der Waals surface area contributed by atoms with Gasteiger partial charge in [-0.2, -0.15) is 0 Å². The number of fused-ring (bicyclic) bond motifs is 1. The molecule has 33 heavy (non-hydrogen) atoms. The third-order valence-corrected chi connectivity index (χ3v) is 5.60. The number of rotatable bonds is 7. The van der Waals surface area contributed by atoms with E-state index in [0.29, 0.717) is 55.2 Å². The van der Waals surface area contributed by atoms with E-state index in [1.165, 1.54) is 12.3 Å². The molecule has 7 nitrogen and oxygen atoms in total. The van der Waals surface area contributed by atoms with Gasteiger partial charge in [-0.1, -0.05) is 17.7 Å². The second-order valence-corrected chi connectivity index (χ2v) is 7.77. The monoisotopic (exact) mass is 473 g/mol. The average Bonchev–Trinajstić information content (AvgIpc) is 2.82. The van der Waals surface area contributed by atoms with Gasteiger partial charge in [0.2, 0.25) is 0 Å². The Morgan fingerprint density at radius 2 is 2.03 bits per heavy atom. The van der Waals surface area contributed by atoms with Gasteiger partial charge in [-0.15, -0.1) is 0 Å². The van der Waals surface area contributed by atoms with Crippen molar-refractivity contribution in [2.75, 3.05) is 49.7 Å². The van der Waals surface area contributed by atoms with E-state index in [-0.39, 0.29) is 22.9 Å². The van der Waals surface area contributed by atoms with Gasteiger partial charge in [0.05, 0.1) is 54.0 Å². The summed E-state index contributed by atoms with van der Waals surface area (Å²) < 4.78 is 31.3. The van der Waals surface area contributed by atoms with Crippen molar-refractivity contribution >= 4 is 45.5 Å². The van der Waals surface area contributed by atoms with Crippen LogP contribution in [0, 0.1) is 5.82 Å². The highest BCUT2D eigenvalue weighted by Gasteiger charge is 2.23. The number of nitrogens with zero attached hydrogens (tertiary/aromatic N) is 2. The van der Waals surface area contributed by atoms with Crippen LogP contribution in [-0.4, -0.2) is 50.5 Å². The second-order valence-electron chi connectivity index (χ2n) is 7.36. The first-order valence-corrected chi connectivity index (χ1v) is 11.2. The summed E-state index contributed by atoms with van der Waals surface area (Å²) in [5.41, 5.74) is 2.17. The van der Waals surface area contributed by atoms with Crippen molar-refractivity contribution in [3.63, 3.8) is 0 Å². The highest BCUT2D eigenvalue weighted by Crippen LogP contribution is 2.39. The zero-order valence-electron chi connectivity index (χ0n) is 18.5. The number of aromatic nitrogens is 1. The van der Waals surface area contributed by atoms with Gasteiger partial charge < -0.3 is 24.4 Å². The normalized spacial score (nSPS) is 13.8. The van der Waals surface area contributed by atoms with E-state index in [1.54, 1.807) is 19.1 Å². The van der Waals surface area contributed by atoms with E-state index >= 15 is 0 Å². The van der Waals surface area contributed by atoms with Gasteiger partial charge in [0.25, 0.3) is 0 Å². The molecule has 0 amide bonds. The molecular formula is C24H25ClFN3O4. The van der Waals surface area contributed by atoms with E-state index < -0.39 is 11.8 Å². The summed E-state index contributed by atoms with van der Waals surface area (Å²) in [6.07, 6.45) is 1.43. The molecule has 0 spiro atoms. The van der Waals surface area contributed by atoms with E-state index in [4.69, 9.17) is 25.8 Å². The largest absolute Gasteiger partial charge is 0.492 e. The average molecular weight is 474 g/mol. The van der Waals surface area contributed by atoms with Crippen LogP contribution in [0.1, 0.15) is 24.2 Å². The number of esters is 1. The predicted molar refractivity (Wildman–Crippen MR) is 127 cm³/mol. The molecule has 0 saturated carbocycles. The van der Waals surface area contributed by atoms with Crippen LogP contribution in [0.5, 0.6) is 5.75 Å². The SMILES string of the molecule is CCOC(=O)c1cnc2cc(OCC)c(N3CCOCC3)cc2c1Nc1cccc(Cl)c1F. The van der Waals surface area contributed by atoms with Crippen molar-refractivity contribution in [3.05, 3.63) is 52.9 Å². The Morgan fingerprint density at radius 3 is 2.76 bits per heavy atom. The second kappa shape index (κ2) is 10.2. The molecule has 0 radical (unpaired) electrons. The molecule has 0 atom stereocenters. The number of hydrogen-bond donors (Lipinski definition) is 1. The highest BCUT2D eigenvalue weighted by molar-refractivity contribution is 6.31. The maximum atomic E-state index is 14.7. The van der Waals surface area contributed by atoms with Crippen molar-refractivity contribution in [3.8, 4) is 5.75 Å². The van der Waals surface area contributed by atoms with Gasteiger partial charge in [-0.25, -0.2) is 9.18 Å². The minimum absolute atomic E-state index is 0.0244. The Morgan fingerprint density at radius 1 is 1.24 bits per heavy atom. The number of ether oxygens (including phenoxy) is 3. The number of halogens is 2. The zero-order chi connectivity index (χ0) is 23.4. The Balaban J connectivity index is 1.92. The van der Waals surface area contributed by atoms with Crippen LogP contribution in [0.4, 0.5) is 21.5 Å². The highest BCUT2D eigenvalue weighted by atomic mass is 35.5. The lowest BCUT2D eigenvalue weighted by atomic mass is 10.1. The van der Waals surface area contributed by atoms with Crippen LogP contribution < -0.4 is 15.0 Å². The first-order valence-electron chi connectivity index (χ1n) is 10.8. The Labute approximate surface area is 196 Å². The smallest absolute Gasteiger partial charge is 0.341 e. The summed E-state index contributed by atoms with van der Waals surface area (Å²) >= 11 is 5.98. The van der Waals surface area contributed by atoms with Gasteiger partial charge in [0.15, 0.2) is 5.82 Å². The first kappa shape index (κ1) is 23.1. The molecule has 1 saturated heterocycles. The Kier molecular flexibility index (Phi) is 7.15. The quantitative estimate of drug-likeness (QED) is 0.474. The first-order chi connectivity index (χ1) is 16.0. The summed E-state index contributed by atoms with van der Waals surface area (Å²) in [7, 11) is 0. The lowest BCUT2D eigenvalue weighted by molar-refractivity contribution is 0.0527.